The molecule has 1 aromatic heterocycles. The molecule has 4 nitrogen and oxygen atoms in total. The molecule has 0 bridgehead atoms. The van der Waals surface area contributed by atoms with E-state index < -0.39 is 0 Å². The Morgan fingerprint density at radius 3 is 2.57 bits per heavy atom. The Hall–Kier alpha value is -1.71. The maximum atomic E-state index is 5.75. The summed E-state index contributed by atoms with van der Waals surface area (Å²) in [7, 11) is 0. The molecule has 0 aromatic carbocycles. The van der Waals surface area contributed by atoms with Crippen molar-refractivity contribution in [3.8, 4) is 0 Å². The van der Waals surface area contributed by atoms with Crippen LogP contribution in [0.15, 0.2) is 30.3 Å². The zero-order valence-electron chi connectivity index (χ0n) is 8.40. The van der Waals surface area contributed by atoms with E-state index in [0.29, 0.717) is 11.4 Å². The minimum Gasteiger partial charge on any atom is -0.475 e. The van der Waals surface area contributed by atoms with Crippen LogP contribution in [-0.2, 0) is 4.74 Å². The van der Waals surface area contributed by atoms with Gasteiger partial charge in [0.25, 0.3) is 0 Å². The van der Waals surface area contributed by atoms with Gasteiger partial charge in [-0.15, -0.1) is 0 Å². The number of nitrogens with zero attached hydrogens (tertiary/aromatic N) is 1. The molecule has 4 N–H and O–H groups in total. The fraction of sp³-hybridized carbons (Fsp3) is 0.300. The molecule has 1 aromatic rings. The summed E-state index contributed by atoms with van der Waals surface area (Å²) in [6.07, 6.45) is 1.67. The van der Waals surface area contributed by atoms with Gasteiger partial charge in [-0.2, -0.15) is 0 Å². The third-order valence-corrected chi connectivity index (χ3v) is 1.57. The van der Waals surface area contributed by atoms with Gasteiger partial charge in [-0.1, -0.05) is 6.07 Å². The molecular formula is C10H15N3O. The second-order valence-electron chi connectivity index (χ2n) is 3.16. The van der Waals surface area contributed by atoms with Crippen molar-refractivity contribution in [1.29, 1.82) is 0 Å². The second-order valence-corrected chi connectivity index (χ2v) is 3.16. The van der Waals surface area contributed by atoms with Crippen molar-refractivity contribution in [3.05, 3.63) is 36.0 Å². The maximum Gasteiger partial charge on any atom is 0.210 e. The van der Waals surface area contributed by atoms with Crippen LogP contribution < -0.4 is 11.5 Å². The highest BCUT2D eigenvalue weighted by Gasteiger charge is 2.05. The van der Waals surface area contributed by atoms with Crippen molar-refractivity contribution >= 4 is 5.70 Å². The molecular weight excluding hydrogens is 178 g/mol. The molecule has 4 heteroatoms. The molecule has 0 atom stereocenters. The summed E-state index contributed by atoms with van der Waals surface area (Å²) in [6.45, 7) is 3.77. The summed E-state index contributed by atoms with van der Waals surface area (Å²) in [5, 5.41) is 0. The van der Waals surface area contributed by atoms with Gasteiger partial charge in [0.05, 0.1) is 11.8 Å². The van der Waals surface area contributed by atoms with Gasteiger partial charge in [0, 0.05) is 6.20 Å². The lowest BCUT2D eigenvalue weighted by Crippen LogP contribution is -2.16. The van der Waals surface area contributed by atoms with Crippen LogP contribution in [0.3, 0.4) is 0 Å². The molecule has 0 aliphatic heterocycles. The van der Waals surface area contributed by atoms with Gasteiger partial charge in [0.1, 0.15) is 5.70 Å². The molecule has 0 spiro atoms. The average Bonchev–Trinajstić information content (AvgIpc) is 2.17. The highest BCUT2D eigenvalue weighted by molar-refractivity contribution is 5.60. The largest absolute Gasteiger partial charge is 0.475 e. The zero-order chi connectivity index (χ0) is 10.6. The van der Waals surface area contributed by atoms with Crippen LogP contribution in [-0.4, -0.2) is 11.1 Å². The quantitative estimate of drug-likeness (QED) is 0.704. The summed E-state index contributed by atoms with van der Waals surface area (Å²) in [5.41, 5.74) is 12.4. The monoisotopic (exact) mass is 193 g/mol. The van der Waals surface area contributed by atoms with Gasteiger partial charge in [0.2, 0.25) is 5.88 Å². The van der Waals surface area contributed by atoms with Crippen LogP contribution in [0.5, 0.6) is 0 Å². The Morgan fingerprint density at radius 2 is 2.07 bits per heavy atom. The van der Waals surface area contributed by atoms with Crippen molar-refractivity contribution < 1.29 is 4.74 Å². The third-order valence-electron chi connectivity index (χ3n) is 1.57. The van der Waals surface area contributed by atoms with Gasteiger partial charge in [-0.3, -0.25) is 4.98 Å². The first-order chi connectivity index (χ1) is 6.61. The van der Waals surface area contributed by atoms with E-state index in [1.54, 1.807) is 12.3 Å². The van der Waals surface area contributed by atoms with Gasteiger partial charge in [-0.25, -0.2) is 0 Å². The van der Waals surface area contributed by atoms with Crippen molar-refractivity contribution in [1.82, 2.24) is 4.98 Å². The molecule has 76 valence electrons. The molecule has 0 amide bonds. The lowest BCUT2D eigenvalue weighted by molar-refractivity contribution is 0.146. The minimum atomic E-state index is 0.0114. The van der Waals surface area contributed by atoms with Crippen molar-refractivity contribution in [2.45, 2.75) is 20.0 Å². The SMILES string of the molecule is CC(C)OC(N)=C(N)c1ccccn1. The summed E-state index contributed by atoms with van der Waals surface area (Å²) in [5.74, 6) is 0.221. The van der Waals surface area contributed by atoms with Crippen molar-refractivity contribution in [2.24, 2.45) is 11.5 Å². The number of ether oxygens (including phenoxy) is 1. The van der Waals surface area contributed by atoms with E-state index in [4.69, 9.17) is 16.2 Å². The van der Waals surface area contributed by atoms with Crippen LogP contribution in [0.4, 0.5) is 0 Å². The highest BCUT2D eigenvalue weighted by atomic mass is 16.5. The second kappa shape index (κ2) is 4.50. The predicted molar refractivity (Wildman–Crippen MR) is 55.8 cm³/mol. The molecule has 1 rings (SSSR count). The molecule has 0 radical (unpaired) electrons. The number of hydrogen-bond acceptors (Lipinski definition) is 4. The minimum absolute atomic E-state index is 0.0114. The molecule has 0 unspecified atom stereocenters. The lowest BCUT2D eigenvalue weighted by Gasteiger charge is -2.11. The smallest absolute Gasteiger partial charge is 0.210 e. The van der Waals surface area contributed by atoms with Gasteiger partial charge in [0.15, 0.2) is 0 Å². The third kappa shape index (κ3) is 2.65. The fourth-order valence-electron chi connectivity index (χ4n) is 0.966. The van der Waals surface area contributed by atoms with Crippen LogP contribution in [0, 0.1) is 0 Å². The van der Waals surface area contributed by atoms with E-state index in [1.165, 1.54) is 0 Å². The van der Waals surface area contributed by atoms with E-state index in [2.05, 4.69) is 4.98 Å². The molecule has 14 heavy (non-hydrogen) atoms. The Labute approximate surface area is 83.6 Å². The van der Waals surface area contributed by atoms with E-state index in [0.717, 1.165) is 0 Å². The molecule has 1 heterocycles. The Morgan fingerprint density at radius 1 is 1.36 bits per heavy atom. The van der Waals surface area contributed by atoms with E-state index in [9.17, 15) is 0 Å². The van der Waals surface area contributed by atoms with Crippen LogP contribution >= 0.6 is 0 Å². The Kier molecular flexibility index (Phi) is 3.34. The first-order valence-corrected chi connectivity index (χ1v) is 4.44. The molecule has 0 aliphatic carbocycles. The zero-order valence-corrected chi connectivity index (χ0v) is 8.40. The Bertz CT molecular complexity index is 319. The first kappa shape index (κ1) is 10.4. The van der Waals surface area contributed by atoms with Crippen LogP contribution in [0.25, 0.3) is 5.70 Å². The van der Waals surface area contributed by atoms with Gasteiger partial charge < -0.3 is 16.2 Å². The van der Waals surface area contributed by atoms with Crippen LogP contribution in [0.2, 0.25) is 0 Å². The molecule has 0 aliphatic rings. The van der Waals surface area contributed by atoms with Crippen molar-refractivity contribution in [2.75, 3.05) is 0 Å². The van der Waals surface area contributed by atoms with E-state index >= 15 is 0 Å². The number of pyridine rings is 1. The number of hydrogen-bond donors (Lipinski definition) is 2. The standard InChI is InChI=1S/C10H15N3O/c1-7(2)14-10(12)9(11)8-5-3-4-6-13-8/h3-7H,11-12H2,1-2H3. The fourth-order valence-corrected chi connectivity index (χ4v) is 0.966. The number of aromatic nitrogens is 1. The summed E-state index contributed by atoms with van der Waals surface area (Å²) < 4.78 is 5.26. The predicted octanol–water partition coefficient (Wildman–Crippen LogP) is 1.05. The first-order valence-electron chi connectivity index (χ1n) is 4.44. The summed E-state index contributed by atoms with van der Waals surface area (Å²) in [6, 6.07) is 5.44. The highest BCUT2D eigenvalue weighted by Crippen LogP contribution is 2.09. The summed E-state index contributed by atoms with van der Waals surface area (Å²) in [4.78, 5) is 4.06. The van der Waals surface area contributed by atoms with Gasteiger partial charge in [-0.05, 0) is 26.0 Å². The van der Waals surface area contributed by atoms with Gasteiger partial charge >= 0.3 is 0 Å². The van der Waals surface area contributed by atoms with Crippen LogP contribution in [0.1, 0.15) is 19.5 Å². The summed E-state index contributed by atoms with van der Waals surface area (Å²) >= 11 is 0. The molecule has 0 saturated heterocycles. The van der Waals surface area contributed by atoms with E-state index in [-0.39, 0.29) is 12.0 Å². The van der Waals surface area contributed by atoms with Crippen molar-refractivity contribution in [3.63, 3.8) is 0 Å². The Balaban J connectivity index is 2.87. The average molecular weight is 193 g/mol. The van der Waals surface area contributed by atoms with E-state index in [1.807, 2.05) is 26.0 Å². The molecule has 0 saturated carbocycles. The number of rotatable bonds is 3. The normalized spacial score (nSPS) is 12.5. The maximum absolute atomic E-state index is 5.75. The lowest BCUT2D eigenvalue weighted by atomic mass is 10.3. The number of nitrogens with two attached hydrogens (primary N) is 2. The topological polar surface area (TPSA) is 74.2 Å². The molecule has 0 fully saturated rings.